The monoisotopic (exact) mass is 623 g/mol. The zero-order valence-corrected chi connectivity index (χ0v) is 24.2. The van der Waals surface area contributed by atoms with Crippen molar-refractivity contribution in [1.82, 2.24) is 14.5 Å². The molecule has 1 aliphatic carbocycles. The summed E-state index contributed by atoms with van der Waals surface area (Å²) >= 11 is 3.46. The lowest BCUT2D eigenvalue weighted by molar-refractivity contribution is -0.141. The number of nitrogens with one attached hydrogen (secondary N) is 1. The van der Waals surface area contributed by atoms with Crippen molar-refractivity contribution in [3.8, 4) is 0 Å². The Morgan fingerprint density at radius 3 is 2.33 bits per heavy atom. The van der Waals surface area contributed by atoms with Crippen molar-refractivity contribution >= 4 is 43.7 Å². The molecule has 1 heterocycles. The van der Waals surface area contributed by atoms with Gasteiger partial charge in [0.05, 0.1) is 5.56 Å². The summed E-state index contributed by atoms with van der Waals surface area (Å²) < 4.78 is 27.9. The summed E-state index contributed by atoms with van der Waals surface area (Å²) in [7, 11) is -4.20. The Bertz CT molecular complexity index is 1520. The lowest BCUT2D eigenvalue weighted by Gasteiger charge is -2.33. The molecule has 40 heavy (non-hydrogen) atoms. The Hall–Kier alpha value is -3.50. The average molecular weight is 625 g/mol. The highest BCUT2D eigenvalue weighted by molar-refractivity contribution is 9.10. The number of carbonyl (C=O) groups is 3. The molecule has 208 valence electrons. The van der Waals surface area contributed by atoms with E-state index in [1.54, 1.807) is 6.07 Å². The summed E-state index contributed by atoms with van der Waals surface area (Å²) in [5.74, 6) is -1.67. The number of carbonyl (C=O) groups excluding carboxylic acids is 3. The van der Waals surface area contributed by atoms with E-state index in [0.29, 0.717) is 4.31 Å². The van der Waals surface area contributed by atoms with Gasteiger partial charge in [0.15, 0.2) is 0 Å². The van der Waals surface area contributed by atoms with Gasteiger partial charge in [0.1, 0.15) is 17.5 Å². The van der Waals surface area contributed by atoms with Gasteiger partial charge < -0.3 is 10.2 Å². The number of benzene rings is 3. The highest BCUT2D eigenvalue weighted by Crippen LogP contribution is 2.30. The van der Waals surface area contributed by atoms with Crippen LogP contribution in [0.2, 0.25) is 0 Å². The third-order valence-electron chi connectivity index (χ3n) is 7.41. The molecule has 1 aliphatic heterocycles. The van der Waals surface area contributed by atoms with Crippen molar-refractivity contribution in [2.24, 2.45) is 0 Å². The second kappa shape index (κ2) is 11.9. The van der Waals surface area contributed by atoms with E-state index in [1.807, 2.05) is 54.6 Å². The molecule has 1 saturated carbocycles. The standard InChI is InChI=1S/C30H30BrN3O5S/c31-23-12-8-11-22(17-23)19-33(28(35)20-34-30(37)25-15-6-7-16-27(25)40(34,38)39)26(18-21-9-2-1-3-10-21)29(36)32-24-13-4-5-14-24/h1-3,6-12,15-17,24,26H,4-5,13-14,18-20H2,(H,32,36)/t26-/m0/s1. The molecule has 1 fully saturated rings. The molecule has 0 radical (unpaired) electrons. The molecule has 1 N–H and O–H groups in total. The highest BCUT2D eigenvalue weighted by atomic mass is 79.9. The average Bonchev–Trinajstić information content (AvgIpc) is 3.52. The van der Waals surface area contributed by atoms with E-state index in [4.69, 9.17) is 0 Å². The second-order valence-electron chi connectivity index (χ2n) is 10.2. The summed E-state index contributed by atoms with van der Waals surface area (Å²) in [6.45, 7) is -0.644. The third-order valence-corrected chi connectivity index (χ3v) is 9.69. The van der Waals surface area contributed by atoms with Crippen LogP contribution in [-0.4, -0.2) is 54.0 Å². The van der Waals surface area contributed by atoms with Crippen molar-refractivity contribution in [3.63, 3.8) is 0 Å². The van der Waals surface area contributed by atoms with Gasteiger partial charge in [0.25, 0.3) is 15.9 Å². The smallest absolute Gasteiger partial charge is 0.269 e. The quantitative estimate of drug-likeness (QED) is 0.383. The van der Waals surface area contributed by atoms with Crippen LogP contribution in [0.15, 0.2) is 88.2 Å². The maximum absolute atomic E-state index is 14.0. The molecular weight excluding hydrogens is 594 g/mol. The number of fused-ring (bicyclic) bond motifs is 1. The summed E-state index contributed by atoms with van der Waals surface area (Å²) in [6.07, 6.45) is 4.05. The minimum Gasteiger partial charge on any atom is -0.352 e. The van der Waals surface area contributed by atoms with Gasteiger partial charge in [0, 0.05) is 23.5 Å². The van der Waals surface area contributed by atoms with Crippen LogP contribution in [0.4, 0.5) is 0 Å². The molecule has 0 aromatic heterocycles. The highest BCUT2D eigenvalue weighted by Gasteiger charge is 2.43. The molecule has 3 aromatic rings. The number of rotatable bonds is 9. The number of hydrogen-bond donors (Lipinski definition) is 1. The van der Waals surface area contributed by atoms with Crippen molar-refractivity contribution in [3.05, 3.63) is 100 Å². The Morgan fingerprint density at radius 1 is 0.950 bits per heavy atom. The first-order valence-corrected chi connectivity index (χ1v) is 15.5. The minimum atomic E-state index is -4.20. The van der Waals surface area contributed by atoms with Gasteiger partial charge in [-0.2, -0.15) is 0 Å². The minimum absolute atomic E-state index is 0.0311. The van der Waals surface area contributed by atoms with Crippen LogP contribution in [0.1, 0.15) is 47.2 Å². The molecule has 0 spiro atoms. The first kappa shape index (κ1) is 28.0. The lowest BCUT2D eigenvalue weighted by Crippen LogP contribution is -2.54. The normalized spacial score (nSPS) is 16.9. The van der Waals surface area contributed by atoms with E-state index in [0.717, 1.165) is 41.3 Å². The van der Waals surface area contributed by atoms with Gasteiger partial charge in [0.2, 0.25) is 11.8 Å². The van der Waals surface area contributed by atoms with Crippen molar-refractivity contribution < 1.29 is 22.8 Å². The summed E-state index contributed by atoms with van der Waals surface area (Å²) in [5, 5.41) is 3.12. The molecule has 0 unspecified atom stereocenters. The van der Waals surface area contributed by atoms with Crippen LogP contribution < -0.4 is 5.32 Å². The van der Waals surface area contributed by atoms with Gasteiger partial charge >= 0.3 is 0 Å². The lowest BCUT2D eigenvalue weighted by atomic mass is 10.0. The van der Waals surface area contributed by atoms with E-state index < -0.39 is 34.4 Å². The molecular formula is C30H30BrN3O5S. The molecule has 0 saturated heterocycles. The fourth-order valence-corrected chi connectivity index (χ4v) is 7.32. The third kappa shape index (κ3) is 5.97. The van der Waals surface area contributed by atoms with Gasteiger partial charge in [-0.25, -0.2) is 12.7 Å². The maximum atomic E-state index is 14.0. The summed E-state index contributed by atoms with van der Waals surface area (Å²) in [6, 6.07) is 21.8. The first-order chi connectivity index (χ1) is 19.2. The zero-order chi connectivity index (χ0) is 28.3. The Labute approximate surface area is 242 Å². The van der Waals surface area contributed by atoms with Crippen LogP contribution in [0, 0.1) is 0 Å². The molecule has 8 nitrogen and oxygen atoms in total. The SMILES string of the molecule is O=C(NC1CCCC1)[C@H](Cc1ccccc1)N(Cc1cccc(Br)c1)C(=O)CN1C(=O)c2ccccc2S1(=O)=O. The molecule has 0 bridgehead atoms. The largest absolute Gasteiger partial charge is 0.352 e. The molecule has 2 aliphatic rings. The van der Waals surface area contributed by atoms with Gasteiger partial charge in [-0.15, -0.1) is 0 Å². The van der Waals surface area contributed by atoms with Gasteiger partial charge in [-0.3, -0.25) is 14.4 Å². The van der Waals surface area contributed by atoms with E-state index in [1.165, 1.54) is 23.1 Å². The second-order valence-corrected chi connectivity index (χ2v) is 12.9. The van der Waals surface area contributed by atoms with Crippen LogP contribution >= 0.6 is 15.9 Å². The maximum Gasteiger partial charge on any atom is 0.269 e. The Balaban J connectivity index is 1.50. The zero-order valence-electron chi connectivity index (χ0n) is 21.8. The van der Waals surface area contributed by atoms with E-state index >= 15 is 0 Å². The van der Waals surface area contributed by atoms with E-state index in [2.05, 4.69) is 21.2 Å². The molecule has 3 amide bonds. The first-order valence-electron chi connectivity index (χ1n) is 13.3. The van der Waals surface area contributed by atoms with Crippen molar-refractivity contribution in [2.75, 3.05) is 6.54 Å². The predicted molar refractivity (Wildman–Crippen MR) is 154 cm³/mol. The molecule has 5 rings (SSSR count). The molecule has 10 heteroatoms. The fourth-order valence-electron chi connectivity index (χ4n) is 5.35. The van der Waals surface area contributed by atoms with E-state index in [9.17, 15) is 22.8 Å². The predicted octanol–water partition coefficient (Wildman–Crippen LogP) is 4.29. The van der Waals surface area contributed by atoms with Crippen LogP contribution in [0.3, 0.4) is 0 Å². The number of sulfonamides is 1. The van der Waals surface area contributed by atoms with Crippen LogP contribution in [0.5, 0.6) is 0 Å². The topological polar surface area (TPSA) is 104 Å². The van der Waals surface area contributed by atoms with Crippen LogP contribution in [0.25, 0.3) is 0 Å². The molecule has 3 aromatic carbocycles. The number of amides is 3. The summed E-state index contributed by atoms with van der Waals surface area (Å²) in [4.78, 5) is 42.2. The van der Waals surface area contributed by atoms with Crippen LogP contribution in [-0.2, 0) is 32.6 Å². The van der Waals surface area contributed by atoms with E-state index in [-0.39, 0.29) is 35.4 Å². The number of halogens is 1. The Kier molecular flexibility index (Phi) is 8.37. The molecule has 1 atom stereocenters. The van der Waals surface area contributed by atoms with Gasteiger partial charge in [-0.05, 0) is 48.2 Å². The van der Waals surface area contributed by atoms with Gasteiger partial charge in [-0.1, -0.05) is 83.4 Å². The fraction of sp³-hybridized carbons (Fsp3) is 0.300. The van der Waals surface area contributed by atoms with Crippen molar-refractivity contribution in [2.45, 2.75) is 55.6 Å². The summed E-state index contributed by atoms with van der Waals surface area (Å²) in [5.41, 5.74) is 1.65. The Morgan fingerprint density at radius 2 is 1.62 bits per heavy atom. The number of nitrogens with zero attached hydrogens (tertiary/aromatic N) is 2. The van der Waals surface area contributed by atoms with Crippen molar-refractivity contribution in [1.29, 1.82) is 0 Å². The number of hydrogen-bond acceptors (Lipinski definition) is 5.